The van der Waals surface area contributed by atoms with Gasteiger partial charge in [0, 0.05) is 20.1 Å². The summed E-state index contributed by atoms with van der Waals surface area (Å²) in [6.45, 7) is 3.85. The van der Waals surface area contributed by atoms with E-state index in [-0.39, 0.29) is 12.1 Å². The highest BCUT2D eigenvalue weighted by Gasteiger charge is 2.33. The summed E-state index contributed by atoms with van der Waals surface area (Å²) in [5.41, 5.74) is 1.76. The van der Waals surface area contributed by atoms with Crippen molar-refractivity contribution >= 4 is 34.9 Å². The molecule has 0 unspecified atom stereocenters. The van der Waals surface area contributed by atoms with Gasteiger partial charge in [-0.3, -0.25) is 4.90 Å². The standard InChI is InChI=1S/C24H29Cl2N3O2/c1-28(24(30)27-21-9-3-2-8-20(21)25)15-17-13-19(14-17)31-22-10-6-7-18(23(22)26)16-29-11-4-5-12-29/h2-3,6-10,17,19H,4-5,11-16H2,1H3,(H,27,30). The fourth-order valence-corrected chi connectivity index (χ4v) is 4.71. The van der Waals surface area contributed by atoms with Crippen molar-refractivity contribution in [3.05, 3.63) is 58.1 Å². The summed E-state index contributed by atoms with van der Waals surface area (Å²) < 4.78 is 6.18. The molecule has 2 fully saturated rings. The second-order valence-electron chi connectivity index (χ2n) is 8.58. The van der Waals surface area contributed by atoms with Crippen LogP contribution in [0, 0.1) is 5.92 Å². The SMILES string of the molecule is CN(CC1CC(Oc2cccc(CN3CCCC3)c2Cl)C1)C(=O)Nc1ccccc1Cl. The molecular formula is C24H29Cl2N3O2. The van der Waals surface area contributed by atoms with Gasteiger partial charge in [0.05, 0.1) is 21.8 Å². The van der Waals surface area contributed by atoms with Gasteiger partial charge < -0.3 is 15.0 Å². The minimum absolute atomic E-state index is 0.143. The first kappa shape index (κ1) is 22.3. The maximum atomic E-state index is 12.4. The number of para-hydroxylation sites is 1. The van der Waals surface area contributed by atoms with Crippen LogP contribution in [-0.2, 0) is 6.54 Å². The largest absolute Gasteiger partial charge is 0.489 e. The second kappa shape index (κ2) is 10.1. The Kier molecular flexibility index (Phi) is 7.26. The molecule has 0 radical (unpaired) electrons. The highest BCUT2D eigenvalue weighted by molar-refractivity contribution is 6.33. The molecule has 1 aliphatic carbocycles. The molecule has 166 valence electrons. The first-order valence-electron chi connectivity index (χ1n) is 10.9. The summed E-state index contributed by atoms with van der Waals surface area (Å²) in [5.74, 6) is 1.19. The molecular weight excluding hydrogens is 433 g/mol. The van der Waals surface area contributed by atoms with Gasteiger partial charge in [0.15, 0.2) is 0 Å². The van der Waals surface area contributed by atoms with Crippen LogP contribution in [0.4, 0.5) is 10.5 Å². The predicted molar refractivity (Wildman–Crippen MR) is 126 cm³/mol. The molecule has 0 atom stereocenters. The van der Waals surface area contributed by atoms with E-state index in [2.05, 4.69) is 16.3 Å². The lowest BCUT2D eigenvalue weighted by Crippen LogP contribution is -2.43. The number of halogens is 2. The average Bonchev–Trinajstić information content (AvgIpc) is 3.23. The summed E-state index contributed by atoms with van der Waals surface area (Å²) in [4.78, 5) is 16.6. The lowest BCUT2D eigenvalue weighted by molar-refractivity contribution is 0.0532. The van der Waals surface area contributed by atoms with Gasteiger partial charge in [-0.05, 0) is 68.5 Å². The summed E-state index contributed by atoms with van der Waals surface area (Å²) in [6, 6.07) is 13.1. The highest BCUT2D eigenvalue weighted by atomic mass is 35.5. The number of hydrogen-bond donors (Lipinski definition) is 1. The van der Waals surface area contributed by atoms with Crippen LogP contribution in [0.1, 0.15) is 31.2 Å². The smallest absolute Gasteiger partial charge is 0.321 e. The Morgan fingerprint density at radius 1 is 1.13 bits per heavy atom. The zero-order valence-electron chi connectivity index (χ0n) is 17.8. The number of carbonyl (C=O) groups is 1. The van der Waals surface area contributed by atoms with Gasteiger partial charge in [-0.1, -0.05) is 47.5 Å². The zero-order valence-corrected chi connectivity index (χ0v) is 19.3. The molecule has 2 amide bonds. The molecule has 1 aliphatic heterocycles. The van der Waals surface area contributed by atoms with E-state index in [0.717, 1.165) is 48.8 Å². The molecule has 2 aromatic carbocycles. The molecule has 1 heterocycles. The van der Waals surface area contributed by atoms with Crippen LogP contribution in [0.3, 0.4) is 0 Å². The number of rotatable bonds is 7. The van der Waals surface area contributed by atoms with Gasteiger partial charge >= 0.3 is 6.03 Å². The number of nitrogens with zero attached hydrogens (tertiary/aromatic N) is 2. The molecule has 1 N–H and O–H groups in total. The van der Waals surface area contributed by atoms with Gasteiger partial charge in [0.2, 0.25) is 0 Å². The summed E-state index contributed by atoms with van der Waals surface area (Å²) in [5, 5.41) is 4.12. The van der Waals surface area contributed by atoms with E-state index in [1.54, 1.807) is 24.1 Å². The van der Waals surface area contributed by atoms with Crippen molar-refractivity contribution in [1.29, 1.82) is 0 Å². The van der Waals surface area contributed by atoms with Gasteiger partial charge in [-0.25, -0.2) is 4.79 Å². The van der Waals surface area contributed by atoms with E-state index in [9.17, 15) is 4.79 Å². The molecule has 1 saturated heterocycles. The van der Waals surface area contributed by atoms with Crippen molar-refractivity contribution in [3.63, 3.8) is 0 Å². The van der Waals surface area contributed by atoms with E-state index in [1.165, 1.54) is 12.8 Å². The maximum absolute atomic E-state index is 12.4. The molecule has 2 aliphatic rings. The van der Waals surface area contributed by atoms with Gasteiger partial charge in [0.1, 0.15) is 5.75 Å². The van der Waals surface area contributed by atoms with E-state index in [1.807, 2.05) is 24.3 Å². The van der Waals surface area contributed by atoms with Crippen molar-refractivity contribution in [2.24, 2.45) is 5.92 Å². The number of nitrogens with one attached hydrogen (secondary N) is 1. The Labute approximate surface area is 194 Å². The first-order chi connectivity index (χ1) is 15.0. The van der Waals surface area contributed by atoms with E-state index < -0.39 is 0 Å². The number of hydrogen-bond acceptors (Lipinski definition) is 3. The molecule has 0 aromatic heterocycles. The molecule has 4 rings (SSSR count). The molecule has 0 bridgehead atoms. The fourth-order valence-electron chi connectivity index (χ4n) is 4.29. The maximum Gasteiger partial charge on any atom is 0.321 e. The third-order valence-corrected chi connectivity index (χ3v) is 6.87. The van der Waals surface area contributed by atoms with Crippen LogP contribution in [-0.4, -0.2) is 48.6 Å². The summed E-state index contributed by atoms with van der Waals surface area (Å²) in [7, 11) is 1.80. The zero-order chi connectivity index (χ0) is 21.8. The summed E-state index contributed by atoms with van der Waals surface area (Å²) in [6.07, 6.45) is 4.50. The molecule has 2 aromatic rings. The van der Waals surface area contributed by atoms with Crippen LogP contribution in [0.15, 0.2) is 42.5 Å². The Balaban J connectivity index is 1.24. The average molecular weight is 462 g/mol. The van der Waals surface area contributed by atoms with Crippen molar-refractivity contribution in [3.8, 4) is 5.75 Å². The third kappa shape index (κ3) is 5.65. The number of anilines is 1. The summed E-state index contributed by atoms with van der Waals surface area (Å²) >= 11 is 12.8. The number of urea groups is 1. The van der Waals surface area contributed by atoms with E-state index in [0.29, 0.717) is 23.2 Å². The second-order valence-corrected chi connectivity index (χ2v) is 9.37. The lowest BCUT2D eigenvalue weighted by atomic mass is 9.82. The molecule has 5 nitrogen and oxygen atoms in total. The third-order valence-electron chi connectivity index (χ3n) is 6.12. The fraction of sp³-hybridized carbons (Fsp3) is 0.458. The van der Waals surface area contributed by atoms with Crippen molar-refractivity contribution in [1.82, 2.24) is 9.80 Å². The monoisotopic (exact) mass is 461 g/mol. The van der Waals surface area contributed by atoms with E-state index >= 15 is 0 Å². The predicted octanol–water partition coefficient (Wildman–Crippen LogP) is 5.91. The Morgan fingerprint density at radius 2 is 1.87 bits per heavy atom. The number of amides is 2. The quantitative estimate of drug-likeness (QED) is 0.557. The lowest BCUT2D eigenvalue weighted by Gasteiger charge is -2.37. The minimum Gasteiger partial charge on any atom is -0.489 e. The van der Waals surface area contributed by atoms with Crippen molar-refractivity contribution in [2.75, 3.05) is 32.0 Å². The Morgan fingerprint density at radius 3 is 2.61 bits per heavy atom. The highest BCUT2D eigenvalue weighted by Crippen LogP contribution is 2.36. The topological polar surface area (TPSA) is 44.8 Å². The number of likely N-dealkylation sites (tertiary alicyclic amines) is 1. The van der Waals surface area contributed by atoms with Crippen LogP contribution < -0.4 is 10.1 Å². The van der Waals surface area contributed by atoms with Crippen LogP contribution >= 0.6 is 23.2 Å². The van der Waals surface area contributed by atoms with Crippen molar-refractivity contribution in [2.45, 2.75) is 38.3 Å². The van der Waals surface area contributed by atoms with Gasteiger partial charge in [0.25, 0.3) is 0 Å². The normalized spacial score (nSPS) is 20.9. The number of ether oxygens (including phenoxy) is 1. The molecule has 31 heavy (non-hydrogen) atoms. The number of carbonyl (C=O) groups excluding carboxylic acids is 1. The molecule has 1 saturated carbocycles. The van der Waals surface area contributed by atoms with Crippen LogP contribution in [0.25, 0.3) is 0 Å². The molecule has 0 spiro atoms. The Bertz CT molecular complexity index is 911. The molecule has 7 heteroatoms. The number of benzene rings is 2. The Hall–Kier alpha value is -1.95. The van der Waals surface area contributed by atoms with Gasteiger partial charge in [-0.2, -0.15) is 0 Å². The first-order valence-corrected chi connectivity index (χ1v) is 11.7. The van der Waals surface area contributed by atoms with Gasteiger partial charge in [-0.15, -0.1) is 0 Å². The van der Waals surface area contributed by atoms with Crippen LogP contribution in [0.5, 0.6) is 5.75 Å². The van der Waals surface area contributed by atoms with Crippen molar-refractivity contribution < 1.29 is 9.53 Å². The minimum atomic E-state index is -0.157. The van der Waals surface area contributed by atoms with Crippen LogP contribution in [0.2, 0.25) is 10.0 Å². The van der Waals surface area contributed by atoms with E-state index in [4.69, 9.17) is 27.9 Å².